The molecule has 3 N–H and O–H groups in total. The molecule has 0 radical (unpaired) electrons. The molecule has 0 amide bonds. The number of carbonyl (C=O) groups excluding carboxylic acids is 3. The quantitative estimate of drug-likeness (QED) is 0.314. The highest BCUT2D eigenvalue weighted by molar-refractivity contribution is 5.93. The molecule has 2 spiro atoms. The van der Waals surface area contributed by atoms with Crippen molar-refractivity contribution in [3.8, 4) is 0 Å². The predicted octanol–water partition coefficient (Wildman–Crippen LogP) is -1.37. The van der Waals surface area contributed by atoms with Gasteiger partial charge in [-0.15, -0.1) is 0 Å². The smallest absolute Gasteiger partial charge is 0.342 e. The van der Waals surface area contributed by atoms with Gasteiger partial charge in [-0.05, 0) is 12.3 Å². The summed E-state index contributed by atoms with van der Waals surface area (Å²) in [5.74, 6) is -4.43. The number of aliphatic hydroxyl groups excluding tert-OH is 2. The molecule has 0 aromatic rings. The summed E-state index contributed by atoms with van der Waals surface area (Å²) in [5, 5.41) is 34.4. The lowest BCUT2D eigenvalue weighted by Crippen LogP contribution is -2.66. The third kappa shape index (κ3) is 1.35. The van der Waals surface area contributed by atoms with Gasteiger partial charge in [0.15, 0.2) is 11.7 Å². The van der Waals surface area contributed by atoms with Crippen LogP contribution in [0.15, 0.2) is 0 Å². The molecule has 4 aliphatic heterocycles. The largest absolute Gasteiger partial charge is 0.459 e. The molecule has 10 heteroatoms. The number of hydrogen-bond donors (Lipinski definition) is 3. The first-order chi connectivity index (χ1) is 13.8. The fraction of sp³-hybridized carbons (Fsp3) is 0.850. The van der Waals surface area contributed by atoms with E-state index in [-0.39, 0.29) is 6.42 Å². The normalized spacial score (nSPS) is 60.1. The van der Waals surface area contributed by atoms with Gasteiger partial charge in [-0.1, -0.05) is 20.8 Å². The van der Waals surface area contributed by atoms with Crippen molar-refractivity contribution in [2.24, 2.45) is 28.1 Å². The van der Waals surface area contributed by atoms with Gasteiger partial charge in [0.25, 0.3) is 0 Å². The van der Waals surface area contributed by atoms with Crippen LogP contribution in [0.4, 0.5) is 0 Å². The maximum Gasteiger partial charge on any atom is 0.342 e. The van der Waals surface area contributed by atoms with Crippen LogP contribution in [0.1, 0.15) is 34.1 Å². The Balaban J connectivity index is 1.71. The number of aliphatic hydroxyl groups is 3. The molecule has 164 valence electrons. The molecule has 6 aliphatic rings. The van der Waals surface area contributed by atoms with Crippen molar-refractivity contribution in [1.29, 1.82) is 0 Å². The number of esters is 3. The number of hydrogen-bond acceptors (Lipinski definition) is 10. The molecule has 4 unspecified atom stereocenters. The molecule has 0 aromatic heterocycles. The lowest BCUT2D eigenvalue weighted by Gasteiger charge is -2.46. The molecular formula is C20H24O10. The average Bonchev–Trinajstić information content (AvgIpc) is 3.32. The molecule has 0 aromatic carbocycles. The molecule has 6 rings (SSSR count). The first-order valence-corrected chi connectivity index (χ1v) is 10.2. The summed E-state index contributed by atoms with van der Waals surface area (Å²) in [6.45, 7) is 6.97. The van der Waals surface area contributed by atoms with E-state index in [1.54, 1.807) is 0 Å². The van der Waals surface area contributed by atoms with E-state index in [1.165, 1.54) is 6.92 Å². The zero-order chi connectivity index (χ0) is 21.8. The molecule has 4 heterocycles. The molecule has 11 atom stereocenters. The third-order valence-electron chi connectivity index (χ3n) is 8.91. The minimum absolute atomic E-state index is 0.107. The van der Waals surface area contributed by atoms with Gasteiger partial charge in [-0.3, -0.25) is 4.79 Å². The lowest BCUT2D eigenvalue weighted by atomic mass is 9.51. The number of rotatable bonds is 0. The van der Waals surface area contributed by atoms with Crippen LogP contribution in [0.5, 0.6) is 0 Å². The zero-order valence-electron chi connectivity index (χ0n) is 16.9. The first-order valence-electron chi connectivity index (χ1n) is 10.2. The molecule has 2 aliphatic carbocycles. The van der Waals surface area contributed by atoms with Crippen molar-refractivity contribution in [1.82, 2.24) is 0 Å². The van der Waals surface area contributed by atoms with E-state index in [9.17, 15) is 29.7 Å². The lowest BCUT2D eigenvalue weighted by molar-refractivity contribution is -0.239. The highest BCUT2D eigenvalue weighted by Crippen LogP contribution is 2.84. The summed E-state index contributed by atoms with van der Waals surface area (Å²) in [5.41, 5.74) is -7.95. The van der Waals surface area contributed by atoms with Gasteiger partial charge < -0.3 is 34.3 Å². The summed E-state index contributed by atoms with van der Waals surface area (Å²) in [7, 11) is 0. The molecular weight excluding hydrogens is 400 g/mol. The van der Waals surface area contributed by atoms with Gasteiger partial charge >= 0.3 is 17.9 Å². The second kappa shape index (κ2) is 4.69. The molecule has 0 bridgehead atoms. The monoisotopic (exact) mass is 424 g/mol. The van der Waals surface area contributed by atoms with Gasteiger partial charge in [-0.25, -0.2) is 9.59 Å². The van der Waals surface area contributed by atoms with Gasteiger partial charge in [0, 0.05) is 12.3 Å². The minimum Gasteiger partial charge on any atom is -0.459 e. The maximum atomic E-state index is 13.4. The van der Waals surface area contributed by atoms with Crippen molar-refractivity contribution >= 4 is 17.9 Å². The third-order valence-corrected chi connectivity index (χ3v) is 8.91. The van der Waals surface area contributed by atoms with Crippen LogP contribution in [0.3, 0.4) is 0 Å². The fourth-order valence-electron chi connectivity index (χ4n) is 8.22. The second-order valence-corrected chi connectivity index (χ2v) is 10.7. The maximum absolute atomic E-state index is 13.4. The van der Waals surface area contributed by atoms with Crippen molar-refractivity contribution in [2.75, 3.05) is 0 Å². The molecule has 30 heavy (non-hydrogen) atoms. The Morgan fingerprint density at radius 3 is 2.33 bits per heavy atom. The van der Waals surface area contributed by atoms with Crippen LogP contribution in [0.25, 0.3) is 0 Å². The second-order valence-electron chi connectivity index (χ2n) is 10.7. The Kier molecular flexibility index (Phi) is 2.97. The van der Waals surface area contributed by atoms with Crippen LogP contribution < -0.4 is 0 Å². The SMILES string of the molecule is C[C@@H]1C(=O)O[C@H]2CC34[C@@H]5OC(=O)[C@]3(OC3OC(=O)C(O)C34[C@H](C(C)(C)C)[C@H]5O)[C@]21O. The Morgan fingerprint density at radius 2 is 1.70 bits per heavy atom. The highest BCUT2D eigenvalue weighted by Gasteiger charge is 3.02. The van der Waals surface area contributed by atoms with Crippen LogP contribution >= 0.6 is 0 Å². The van der Waals surface area contributed by atoms with Gasteiger partial charge in [0.05, 0.1) is 22.9 Å². The van der Waals surface area contributed by atoms with Crippen molar-refractivity contribution in [3.05, 3.63) is 0 Å². The van der Waals surface area contributed by atoms with Crippen LogP contribution in [-0.4, -0.2) is 75.1 Å². The summed E-state index contributed by atoms with van der Waals surface area (Å²) in [6, 6.07) is 0. The number of carbonyl (C=O) groups is 3. The fourth-order valence-corrected chi connectivity index (χ4v) is 8.22. The molecule has 10 nitrogen and oxygen atoms in total. The van der Waals surface area contributed by atoms with E-state index in [1.807, 2.05) is 20.8 Å². The van der Waals surface area contributed by atoms with Gasteiger partial charge in [-0.2, -0.15) is 0 Å². The first kappa shape index (κ1) is 19.0. The van der Waals surface area contributed by atoms with E-state index in [0.29, 0.717) is 0 Å². The summed E-state index contributed by atoms with van der Waals surface area (Å²) in [6.07, 6.45) is -6.73. The van der Waals surface area contributed by atoms with Gasteiger partial charge in [0.2, 0.25) is 11.9 Å². The Bertz CT molecular complexity index is 925. The zero-order valence-corrected chi connectivity index (χ0v) is 16.9. The topological polar surface area (TPSA) is 149 Å². The Labute approximate surface area is 171 Å². The predicted molar refractivity (Wildman–Crippen MR) is 92.0 cm³/mol. The van der Waals surface area contributed by atoms with Gasteiger partial charge in [0.1, 0.15) is 12.2 Å². The molecule has 6 fully saturated rings. The van der Waals surface area contributed by atoms with E-state index in [2.05, 4.69) is 0 Å². The van der Waals surface area contributed by atoms with Crippen molar-refractivity contribution in [2.45, 2.75) is 76.0 Å². The van der Waals surface area contributed by atoms with E-state index < -0.39 is 87.9 Å². The molecule has 2 saturated carbocycles. The molecule has 4 saturated heterocycles. The summed E-state index contributed by atoms with van der Waals surface area (Å²) >= 11 is 0. The summed E-state index contributed by atoms with van der Waals surface area (Å²) in [4.78, 5) is 38.2. The number of fused-ring (bicyclic) bond motifs is 1. The standard InChI is InChI=1S/C20H24O10/c1-6-12(23)27-7-5-17-11-8(21)9(16(2,3)4)18(17)10(22)13(24)29-15(18)30-20(17,14(25)28-11)19(6,7)26/h6-11,15,21-22,26H,5H2,1-4H3/t6-,7+,8-,9+,10?,11-,15?,17?,18?,19-,20-/m1/s1. The van der Waals surface area contributed by atoms with Crippen LogP contribution in [0, 0.1) is 28.1 Å². The van der Waals surface area contributed by atoms with E-state index in [4.69, 9.17) is 18.9 Å². The van der Waals surface area contributed by atoms with Crippen LogP contribution in [-0.2, 0) is 33.3 Å². The minimum atomic E-state index is -2.12. The van der Waals surface area contributed by atoms with E-state index in [0.717, 1.165) is 0 Å². The van der Waals surface area contributed by atoms with E-state index >= 15 is 0 Å². The highest BCUT2D eigenvalue weighted by atomic mass is 16.8. The van der Waals surface area contributed by atoms with Crippen LogP contribution in [0.2, 0.25) is 0 Å². The average molecular weight is 424 g/mol. The summed E-state index contributed by atoms with van der Waals surface area (Å²) < 4.78 is 22.6. The Hall–Kier alpha value is -1.75. The van der Waals surface area contributed by atoms with Crippen molar-refractivity contribution < 1.29 is 48.7 Å². The number of ether oxygens (including phenoxy) is 4. The Morgan fingerprint density at radius 1 is 1.03 bits per heavy atom. The van der Waals surface area contributed by atoms with Crippen molar-refractivity contribution in [3.63, 3.8) is 0 Å².